The summed E-state index contributed by atoms with van der Waals surface area (Å²) in [5, 5.41) is 5.53. The van der Waals surface area contributed by atoms with Gasteiger partial charge in [-0.1, -0.05) is 41.9 Å². The highest BCUT2D eigenvalue weighted by atomic mass is 35.5. The van der Waals surface area contributed by atoms with E-state index in [1.807, 2.05) is 24.3 Å². The van der Waals surface area contributed by atoms with Gasteiger partial charge in [-0.15, -0.1) is 0 Å². The number of anilines is 1. The van der Waals surface area contributed by atoms with Crippen molar-refractivity contribution in [3.63, 3.8) is 0 Å². The van der Waals surface area contributed by atoms with Crippen molar-refractivity contribution in [3.05, 3.63) is 70.7 Å². The van der Waals surface area contributed by atoms with Crippen molar-refractivity contribution in [1.82, 2.24) is 5.32 Å². The predicted octanol–water partition coefficient (Wildman–Crippen LogP) is 3.94. The Morgan fingerprint density at radius 1 is 1.04 bits per heavy atom. The van der Waals surface area contributed by atoms with Gasteiger partial charge in [-0.05, 0) is 53.7 Å². The van der Waals surface area contributed by atoms with Crippen LogP contribution in [0.2, 0.25) is 5.02 Å². The molecule has 0 radical (unpaired) electrons. The number of halogens is 1. The molecule has 0 saturated carbocycles. The topological polar surface area (TPSA) is 58.2 Å². The second-order valence-corrected chi connectivity index (χ2v) is 8.19. The molecule has 3 aromatic rings. The van der Waals surface area contributed by atoms with Gasteiger partial charge in [-0.2, -0.15) is 0 Å². The summed E-state index contributed by atoms with van der Waals surface area (Å²) in [6.07, 6.45) is 0.902. The molecule has 2 N–H and O–H groups in total. The summed E-state index contributed by atoms with van der Waals surface area (Å²) in [6.45, 7) is 1.58. The van der Waals surface area contributed by atoms with Gasteiger partial charge in [-0.25, -0.2) is 8.42 Å². The van der Waals surface area contributed by atoms with E-state index in [4.69, 9.17) is 11.6 Å². The third-order valence-electron chi connectivity index (χ3n) is 4.50. The molecule has 4 nitrogen and oxygen atoms in total. The van der Waals surface area contributed by atoms with Crippen LogP contribution < -0.4 is 10.0 Å². The summed E-state index contributed by atoms with van der Waals surface area (Å²) in [4.78, 5) is 0.226. The summed E-state index contributed by atoms with van der Waals surface area (Å²) >= 11 is 6.16. The molecule has 25 heavy (non-hydrogen) atoms. The van der Waals surface area contributed by atoms with Gasteiger partial charge in [0.2, 0.25) is 0 Å². The van der Waals surface area contributed by atoms with Gasteiger partial charge in [0.05, 0.1) is 10.6 Å². The van der Waals surface area contributed by atoms with Crippen LogP contribution in [0.4, 0.5) is 5.69 Å². The standard InChI is InChI=1S/C19H17ClN2O2S/c20-18-5-1-4-14-11-15(7-8-16(14)18)25(23,24)22-19-6-2-3-13-9-10-21-12-17(13)19/h1-8,11,21-22H,9-10,12H2. The summed E-state index contributed by atoms with van der Waals surface area (Å²) in [5.41, 5.74) is 2.83. The van der Waals surface area contributed by atoms with Crippen LogP contribution in [0.3, 0.4) is 0 Å². The first-order chi connectivity index (χ1) is 12.0. The van der Waals surface area contributed by atoms with Gasteiger partial charge in [0.1, 0.15) is 0 Å². The first kappa shape index (κ1) is 16.4. The fourth-order valence-corrected chi connectivity index (χ4v) is 4.58. The smallest absolute Gasteiger partial charge is 0.261 e. The zero-order chi connectivity index (χ0) is 17.4. The van der Waals surface area contributed by atoms with Crippen molar-refractivity contribution >= 4 is 38.1 Å². The van der Waals surface area contributed by atoms with Crippen LogP contribution in [0.25, 0.3) is 10.8 Å². The first-order valence-electron chi connectivity index (χ1n) is 8.07. The van der Waals surface area contributed by atoms with Gasteiger partial charge in [0.15, 0.2) is 0 Å². The highest BCUT2D eigenvalue weighted by Gasteiger charge is 2.19. The quantitative estimate of drug-likeness (QED) is 0.732. The first-order valence-corrected chi connectivity index (χ1v) is 9.93. The molecule has 0 saturated heterocycles. The fraction of sp³-hybridized carbons (Fsp3) is 0.158. The average Bonchev–Trinajstić information content (AvgIpc) is 2.62. The molecule has 0 aromatic heterocycles. The lowest BCUT2D eigenvalue weighted by molar-refractivity contribution is 0.601. The number of rotatable bonds is 3. The highest BCUT2D eigenvalue weighted by Crippen LogP contribution is 2.28. The van der Waals surface area contributed by atoms with Gasteiger partial charge in [0.25, 0.3) is 10.0 Å². The highest BCUT2D eigenvalue weighted by molar-refractivity contribution is 7.92. The molecule has 0 spiro atoms. The lowest BCUT2D eigenvalue weighted by Crippen LogP contribution is -2.25. The molecular formula is C19H17ClN2O2S. The van der Waals surface area contributed by atoms with E-state index in [1.54, 1.807) is 30.3 Å². The zero-order valence-electron chi connectivity index (χ0n) is 13.4. The van der Waals surface area contributed by atoms with Gasteiger partial charge >= 0.3 is 0 Å². The van der Waals surface area contributed by atoms with E-state index >= 15 is 0 Å². The minimum Gasteiger partial charge on any atom is -0.312 e. The summed E-state index contributed by atoms with van der Waals surface area (Å²) in [7, 11) is -3.67. The lowest BCUT2D eigenvalue weighted by atomic mass is 10.00. The summed E-state index contributed by atoms with van der Waals surface area (Å²) in [5.74, 6) is 0. The minimum absolute atomic E-state index is 0.226. The molecule has 3 aromatic carbocycles. The van der Waals surface area contributed by atoms with Crippen molar-refractivity contribution in [2.24, 2.45) is 0 Å². The number of hydrogen-bond acceptors (Lipinski definition) is 3. The fourth-order valence-electron chi connectivity index (χ4n) is 3.20. The predicted molar refractivity (Wildman–Crippen MR) is 102 cm³/mol. The summed E-state index contributed by atoms with van der Waals surface area (Å²) < 4.78 is 28.4. The Morgan fingerprint density at radius 3 is 2.76 bits per heavy atom. The van der Waals surface area contributed by atoms with Crippen molar-refractivity contribution in [2.75, 3.05) is 11.3 Å². The van der Waals surface area contributed by atoms with E-state index in [9.17, 15) is 8.42 Å². The van der Waals surface area contributed by atoms with Crippen LogP contribution in [-0.2, 0) is 23.0 Å². The Bertz CT molecular complexity index is 1060. The Kier molecular flexibility index (Phi) is 4.15. The van der Waals surface area contributed by atoms with Crippen LogP contribution in [0.5, 0.6) is 0 Å². The third kappa shape index (κ3) is 3.11. The molecule has 128 valence electrons. The van der Waals surface area contributed by atoms with Gasteiger partial charge < -0.3 is 5.32 Å². The van der Waals surface area contributed by atoms with E-state index in [2.05, 4.69) is 10.0 Å². The molecule has 0 bridgehead atoms. The molecular weight excluding hydrogens is 356 g/mol. The number of sulfonamides is 1. The third-order valence-corrected chi connectivity index (χ3v) is 6.19. The van der Waals surface area contributed by atoms with Gasteiger partial charge in [0, 0.05) is 17.0 Å². The van der Waals surface area contributed by atoms with E-state index in [-0.39, 0.29) is 4.90 Å². The Morgan fingerprint density at radius 2 is 1.88 bits per heavy atom. The van der Waals surface area contributed by atoms with Crippen molar-refractivity contribution < 1.29 is 8.42 Å². The number of hydrogen-bond donors (Lipinski definition) is 2. The molecule has 4 rings (SSSR count). The van der Waals surface area contributed by atoms with E-state index in [0.717, 1.165) is 29.3 Å². The van der Waals surface area contributed by atoms with Crippen molar-refractivity contribution in [1.29, 1.82) is 0 Å². The molecule has 1 aliphatic rings. The van der Waals surface area contributed by atoms with Crippen LogP contribution >= 0.6 is 11.6 Å². The Hall–Kier alpha value is -2.08. The molecule has 1 aliphatic heterocycles. The lowest BCUT2D eigenvalue weighted by Gasteiger charge is -2.21. The Labute approximate surface area is 151 Å². The van der Waals surface area contributed by atoms with E-state index in [1.165, 1.54) is 5.56 Å². The second-order valence-electron chi connectivity index (χ2n) is 6.10. The normalized spacial score (nSPS) is 14.3. The number of fused-ring (bicyclic) bond motifs is 2. The number of nitrogens with one attached hydrogen (secondary N) is 2. The largest absolute Gasteiger partial charge is 0.312 e. The maximum absolute atomic E-state index is 12.9. The Balaban J connectivity index is 1.73. The maximum atomic E-state index is 12.9. The monoisotopic (exact) mass is 372 g/mol. The van der Waals surface area contributed by atoms with Crippen LogP contribution in [-0.4, -0.2) is 15.0 Å². The molecule has 0 fully saturated rings. The SMILES string of the molecule is O=S(=O)(Nc1cccc2c1CNCC2)c1ccc2c(Cl)cccc2c1. The molecule has 0 unspecified atom stereocenters. The van der Waals surface area contributed by atoms with Crippen LogP contribution in [0, 0.1) is 0 Å². The minimum atomic E-state index is -3.67. The van der Waals surface area contributed by atoms with E-state index < -0.39 is 10.0 Å². The molecule has 0 atom stereocenters. The molecule has 0 amide bonds. The van der Waals surface area contributed by atoms with Crippen LogP contribution in [0.15, 0.2) is 59.5 Å². The molecule has 1 heterocycles. The maximum Gasteiger partial charge on any atom is 0.261 e. The van der Waals surface area contributed by atoms with Gasteiger partial charge in [-0.3, -0.25) is 4.72 Å². The molecule has 0 aliphatic carbocycles. The second kappa shape index (κ2) is 6.33. The molecule has 6 heteroatoms. The average molecular weight is 373 g/mol. The summed E-state index contributed by atoms with van der Waals surface area (Å²) in [6, 6.07) is 16.2. The van der Waals surface area contributed by atoms with Crippen molar-refractivity contribution in [2.45, 2.75) is 17.9 Å². The van der Waals surface area contributed by atoms with Crippen LogP contribution in [0.1, 0.15) is 11.1 Å². The zero-order valence-corrected chi connectivity index (χ0v) is 15.0. The number of benzene rings is 3. The van der Waals surface area contributed by atoms with Crippen molar-refractivity contribution in [3.8, 4) is 0 Å². The van der Waals surface area contributed by atoms with E-state index in [0.29, 0.717) is 17.3 Å².